The summed E-state index contributed by atoms with van der Waals surface area (Å²) in [4.78, 5) is 12.5. The van der Waals surface area contributed by atoms with Gasteiger partial charge in [0.15, 0.2) is 0 Å². The Hall–Kier alpha value is -3.19. The van der Waals surface area contributed by atoms with E-state index in [1.54, 1.807) is 16.8 Å². The highest BCUT2D eigenvalue weighted by Crippen LogP contribution is 2.24. The van der Waals surface area contributed by atoms with Crippen molar-refractivity contribution in [1.29, 1.82) is 0 Å². The smallest absolute Gasteiger partial charge is 0.251 e. The first-order valence-corrected chi connectivity index (χ1v) is 8.87. The zero-order valence-electron chi connectivity index (χ0n) is 14.6. The first kappa shape index (κ1) is 17.2. The third-order valence-electron chi connectivity index (χ3n) is 4.47. The average molecular weight is 381 g/mol. The molecule has 2 aromatic carbocycles. The van der Waals surface area contributed by atoms with Gasteiger partial charge in [0.2, 0.25) is 0 Å². The van der Waals surface area contributed by atoms with Crippen LogP contribution in [0.1, 0.15) is 15.9 Å². The summed E-state index contributed by atoms with van der Waals surface area (Å²) in [6.45, 7) is 3.10. The third kappa shape index (κ3) is 3.41. The minimum Gasteiger partial charge on any atom is -0.350 e. The number of carbonyl (C=O) groups is 1. The topological polar surface area (TPSA) is 77.6 Å². The molecule has 0 spiro atoms. The summed E-state index contributed by atoms with van der Waals surface area (Å²) in [5.74, 6) is -0.140. The van der Waals surface area contributed by atoms with Gasteiger partial charge in [-0.2, -0.15) is 0 Å². The molecule has 27 heavy (non-hydrogen) atoms. The summed E-state index contributed by atoms with van der Waals surface area (Å²) in [5, 5.41) is 15.9. The molecular weight excluding hydrogens is 364 g/mol. The Kier molecular flexibility index (Phi) is 4.60. The number of hydrogen-bond donors (Lipinski definition) is 1. The quantitative estimate of drug-likeness (QED) is 0.577. The largest absolute Gasteiger partial charge is 0.350 e. The van der Waals surface area contributed by atoms with Crippen LogP contribution in [-0.2, 0) is 6.54 Å². The minimum absolute atomic E-state index is 0.140. The van der Waals surface area contributed by atoms with E-state index in [0.29, 0.717) is 18.7 Å². The first-order chi connectivity index (χ1) is 13.1. The summed E-state index contributed by atoms with van der Waals surface area (Å²) < 4.78 is 3.62. The first-order valence-electron chi connectivity index (χ1n) is 8.49. The third-order valence-corrected chi connectivity index (χ3v) is 4.80. The fourth-order valence-corrected chi connectivity index (χ4v) is 3.27. The Bertz CT molecular complexity index is 1100. The Morgan fingerprint density at radius 2 is 2.11 bits per heavy atom. The highest BCUT2D eigenvalue weighted by Gasteiger charge is 2.10. The number of hydrogen-bond acceptors (Lipinski definition) is 4. The van der Waals surface area contributed by atoms with Crippen LogP contribution in [0, 0.1) is 6.92 Å². The highest BCUT2D eigenvalue weighted by atomic mass is 35.5. The maximum absolute atomic E-state index is 12.5. The number of halogens is 1. The van der Waals surface area contributed by atoms with Crippen LogP contribution < -0.4 is 5.32 Å². The molecule has 0 aliphatic heterocycles. The molecule has 2 aromatic heterocycles. The van der Waals surface area contributed by atoms with Crippen LogP contribution in [0.25, 0.3) is 16.6 Å². The zero-order chi connectivity index (χ0) is 18.8. The molecule has 7 nitrogen and oxygen atoms in total. The van der Waals surface area contributed by atoms with Crippen LogP contribution >= 0.6 is 11.6 Å². The van der Waals surface area contributed by atoms with E-state index in [9.17, 15) is 4.79 Å². The van der Waals surface area contributed by atoms with E-state index in [2.05, 4.69) is 25.4 Å². The molecule has 0 bridgehead atoms. The second kappa shape index (κ2) is 7.20. The number of tetrazole rings is 1. The number of fused-ring (bicyclic) bond motifs is 1. The molecule has 8 heteroatoms. The van der Waals surface area contributed by atoms with Gasteiger partial charge in [-0.05, 0) is 53.2 Å². The molecule has 0 saturated carbocycles. The molecule has 0 atom stereocenters. The van der Waals surface area contributed by atoms with Crippen molar-refractivity contribution in [2.45, 2.75) is 13.5 Å². The standard InChI is InChI=1S/C19H17ClN6O/c1-13-5-6-14(11-18(13)26-12-22-23-24-26)19(27)21-8-10-25-9-7-15-16(20)3-2-4-17(15)25/h2-7,9,11-12H,8,10H2,1H3,(H,21,27). The van der Waals surface area contributed by atoms with Crippen LogP contribution in [-0.4, -0.2) is 37.2 Å². The number of nitrogens with one attached hydrogen (secondary N) is 1. The molecule has 0 aliphatic rings. The lowest BCUT2D eigenvalue weighted by molar-refractivity contribution is 0.0952. The molecule has 4 aromatic rings. The average Bonchev–Trinajstić information content (AvgIpc) is 3.33. The molecule has 136 valence electrons. The van der Waals surface area contributed by atoms with Gasteiger partial charge >= 0.3 is 0 Å². The fourth-order valence-electron chi connectivity index (χ4n) is 3.04. The molecule has 1 amide bonds. The van der Waals surface area contributed by atoms with Crippen molar-refractivity contribution in [3.8, 4) is 5.69 Å². The lowest BCUT2D eigenvalue weighted by Gasteiger charge is -2.10. The van der Waals surface area contributed by atoms with E-state index in [-0.39, 0.29) is 5.91 Å². The summed E-state index contributed by atoms with van der Waals surface area (Å²) in [7, 11) is 0. The predicted octanol–water partition coefficient (Wildman–Crippen LogP) is 3.01. The lowest BCUT2D eigenvalue weighted by Crippen LogP contribution is -2.27. The van der Waals surface area contributed by atoms with Crippen molar-refractivity contribution in [3.05, 3.63) is 71.1 Å². The van der Waals surface area contributed by atoms with Crippen LogP contribution in [0.4, 0.5) is 0 Å². The van der Waals surface area contributed by atoms with Gasteiger partial charge in [0.25, 0.3) is 5.91 Å². The maximum Gasteiger partial charge on any atom is 0.251 e. The van der Waals surface area contributed by atoms with Crippen molar-refractivity contribution < 1.29 is 4.79 Å². The number of benzene rings is 2. The van der Waals surface area contributed by atoms with Crippen LogP contribution in [0.3, 0.4) is 0 Å². The Morgan fingerprint density at radius 1 is 1.22 bits per heavy atom. The summed E-state index contributed by atoms with van der Waals surface area (Å²) >= 11 is 6.21. The highest BCUT2D eigenvalue weighted by molar-refractivity contribution is 6.35. The van der Waals surface area contributed by atoms with E-state index in [0.717, 1.165) is 27.2 Å². The van der Waals surface area contributed by atoms with Gasteiger partial charge < -0.3 is 9.88 Å². The lowest BCUT2D eigenvalue weighted by atomic mass is 10.1. The van der Waals surface area contributed by atoms with Gasteiger partial charge in [0.1, 0.15) is 6.33 Å². The Balaban J connectivity index is 1.45. The van der Waals surface area contributed by atoms with E-state index >= 15 is 0 Å². The molecule has 2 heterocycles. The van der Waals surface area contributed by atoms with Crippen molar-refractivity contribution in [2.75, 3.05) is 6.54 Å². The monoisotopic (exact) mass is 380 g/mol. The normalized spacial score (nSPS) is 11.0. The van der Waals surface area contributed by atoms with Crippen molar-refractivity contribution >= 4 is 28.4 Å². The number of aryl methyl sites for hydroxylation is 1. The van der Waals surface area contributed by atoms with Gasteiger partial charge in [-0.25, -0.2) is 4.68 Å². The molecular formula is C19H17ClN6O. The second-order valence-electron chi connectivity index (χ2n) is 6.19. The van der Waals surface area contributed by atoms with Crippen molar-refractivity contribution in [3.63, 3.8) is 0 Å². The van der Waals surface area contributed by atoms with Gasteiger partial charge in [-0.3, -0.25) is 4.79 Å². The SMILES string of the molecule is Cc1ccc(C(=O)NCCn2ccc3c(Cl)cccc32)cc1-n1cnnn1. The number of carbonyl (C=O) groups excluding carboxylic acids is 1. The zero-order valence-corrected chi connectivity index (χ0v) is 15.4. The Morgan fingerprint density at radius 3 is 2.93 bits per heavy atom. The second-order valence-corrected chi connectivity index (χ2v) is 6.60. The van der Waals surface area contributed by atoms with Gasteiger partial charge in [0, 0.05) is 40.8 Å². The molecule has 0 radical (unpaired) electrons. The van der Waals surface area contributed by atoms with Crippen LogP contribution in [0.5, 0.6) is 0 Å². The van der Waals surface area contributed by atoms with Gasteiger partial charge in [-0.15, -0.1) is 5.10 Å². The van der Waals surface area contributed by atoms with E-state index in [4.69, 9.17) is 11.6 Å². The number of amides is 1. The van der Waals surface area contributed by atoms with Gasteiger partial charge in [-0.1, -0.05) is 23.7 Å². The van der Waals surface area contributed by atoms with E-state index in [1.165, 1.54) is 6.33 Å². The van der Waals surface area contributed by atoms with Crippen molar-refractivity contribution in [1.82, 2.24) is 30.1 Å². The molecule has 0 aliphatic carbocycles. The summed E-state index contributed by atoms with van der Waals surface area (Å²) in [6, 6.07) is 13.3. The fraction of sp³-hybridized carbons (Fsp3) is 0.158. The van der Waals surface area contributed by atoms with Gasteiger partial charge in [0.05, 0.1) is 5.69 Å². The molecule has 0 fully saturated rings. The van der Waals surface area contributed by atoms with E-state index < -0.39 is 0 Å². The van der Waals surface area contributed by atoms with E-state index in [1.807, 2.05) is 43.5 Å². The summed E-state index contributed by atoms with van der Waals surface area (Å²) in [5.41, 5.74) is 3.37. The van der Waals surface area contributed by atoms with Crippen molar-refractivity contribution in [2.24, 2.45) is 0 Å². The van der Waals surface area contributed by atoms with Crippen LogP contribution in [0.2, 0.25) is 5.02 Å². The number of rotatable bonds is 5. The number of aromatic nitrogens is 5. The summed E-state index contributed by atoms with van der Waals surface area (Å²) in [6.07, 6.45) is 3.48. The molecule has 1 N–H and O–H groups in total. The Labute approximate surface area is 160 Å². The number of nitrogens with zero attached hydrogens (tertiary/aromatic N) is 5. The predicted molar refractivity (Wildman–Crippen MR) is 103 cm³/mol. The van der Waals surface area contributed by atoms with Crippen LogP contribution in [0.15, 0.2) is 55.0 Å². The molecule has 0 saturated heterocycles. The molecule has 4 rings (SSSR count). The minimum atomic E-state index is -0.140. The maximum atomic E-state index is 12.5. The molecule has 0 unspecified atom stereocenters.